The molecular weight excluding hydrogens is 196 g/mol. The summed E-state index contributed by atoms with van der Waals surface area (Å²) in [5.41, 5.74) is -0.499. The first kappa shape index (κ1) is 12.3. The molecule has 0 spiro atoms. The maximum atomic E-state index is 11.2. The summed E-state index contributed by atoms with van der Waals surface area (Å²) in [6.45, 7) is 8.59. The van der Waals surface area contributed by atoms with Gasteiger partial charge in [-0.05, 0) is 33.1 Å². The number of carbonyl (C=O) groups is 1. The molecule has 0 radical (unpaired) electrons. The molecule has 0 aromatic heterocycles. The van der Waals surface area contributed by atoms with E-state index < -0.39 is 11.8 Å². The van der Waals surface area contributed by atoms with E-state index in [0.717, 1.165) is 13.0 Å². The standard InChI is InChI=1S/C11H20O4/c1-8-5-9(13-6-8)7-14-10(12)15-11(2,3)4/h8-9H,5-7H2,1-4H3. The summed E-state index contributed by atoms with van der Waals surface area (Å²) in [4.78, 5) is 11.2. The first-order chi connectivity index (χ1) is 6.87. The minimum Gasteiger partial charge on any atom is -0.432 e. The first-order valence-corrected chi connectivity index (χ1v) is 5.34. The third-order valence-electron chi connectivity index (χ3n) is 2.06. The van der Waals surface area contributed by atoms with Crippen LogP contribution in [0.15, 0.2) is 0 Å². The molecule has 0 saturated carbocycles. The second-order valence-electron chi connectivity index (χ2n) is 5.07. The number of ether oxygens (including phenoxy) is 3. The lowest BCUT2D eigenvalue weighted by Gasteiger charge is -2.19. The molecule has 0 aliphatic carbocycles. The van der Waals surface area contributed by atoms with E-state index in [0.29, 0.717) is 12.5 Å². The van der Waals surface area contributed by atoms with Crippen molar-refractivity contribution >= 4 is 6.16 Å². The second kappa shape index (κ2) is 4.84. The van der Waals surface area contributed by atoms with Crippen molar-refractivity contribution in [3.63, 3.8) is 0 Å². The van der Waals surface area contributed by atoms with Gasteiger partial charge in [-0.25, -0.2) is 4.79 Å². The summed E-state index contributed by atoms with van der Waals surface area (Å²) in [5.74, 6) is 0.553. The van der Waals surface area contributed by atoms with Crippen LogP contribution in [0.4, 0.5) is 4.79 Å². The number of hydrogen-bond donors (Lipinski definition) is 0. The zero-order valence-corrected chi connectivity index (χ0v) is 9.91. The monoisotopic (exact) mass is 216 g/mol. The summed E-state index contributed by atoms with van der Waals surface area (Å²) in [5, 5.41) is 0. The van der Waals surface area contributed by atoms with Crippen molar-refractivity contribution in [3.05, 3.63) is 0 Å². The third kappa shape index (κ3) is 5.02. The molecule has 1 aliphatic rings. The maximum Gasteiger partial charge on any atom is 0.508 e. The van der Waals surface area contributed by atoms with Crippen LogP contribution >= 0.6 is 0 Å². The van der Waals surface area contributed by atoms with Gasteiger partial charge in [-0.3, -0.25) is 0 Å². The Bertz CT molecular complexity index is 219. The van der Waals surface area contributed by atoms with Crippen LogP contribution in [0.5, 0.6) is 0 Å². The van der Waals surface area contributed by atoms with Crippen LogP contribution in [0.1, 0.15) is 34.1 Å². The highest BCUT2D eigenvalue weighted by Crippen LogP contribution is 2.19. The number of hydrogen-bond acceptors (Lipinski definition) is 4. The lowest BCUT2D eigenvalue weighted by molar-refractivity contribution is -0.0289. The van der Waals surface area contributed by atoms with Gasteiger partial charge in [-0.2, -0.15) is 0 Å². The smallest absolute Gasteiger partial charge is 0.432 e. The molecule has 0 aromatic rings. The molecule has 2 unspecified atom stereocenters. The van der Waals surface area contributed by atoms with Gasteiger partial charge in [0.05, 0.1) is 6.10 Å². The SMILES string of the molecule is CC1COC(COC(=O)OC(C)(C)C)C1. The summed E-state index contributed by atoms with van der Waals surface area (Å²) >= 11 is 0. The molecule has 0 N–H and O–H groups in total. The van der Waals surface area contributed by atoms with Crippen molar-refractivity contribution in [1.82, 2.24) is 0 Å². The van der Waals surface area contributed by atoms with E-state index in [-0.39, 0.29) is 6.10 Å². The summed E-state index contributed by atoms with van der Waals surface area (Å²) in [6, 6.07) is 0. The normalized spacial score (nSPS) is 26.4. The summed E-state index contributed by atoms with van der Waals surface area (Å²) in [7, 11) is 0. The average Bonchev–Trinajstić information content (AvgIpc) is 2.45. The van der Waals surface area contributed by atoms with Gasteiger partial charge in [-0.15, -0.1) is 0 Å². The molecular formula is C11H20O4. The van der Waals surface area contributed by atoms with Crippen LogP contribution in [0, 0.1) is 5.92 Å². The largest absolute Gasteiger partial charge is 0.508 e. The van der Waals surface area contributed by atoms with E-state index in [1.54, 1.807) is 0 Å². The van der Waals surface area contributed by atoms with Crippen molar-refractivity contribution in [1.29, 1.82) is 0 Å². The minimum absolute atomic E-state index is 0.0347. The molecule has 0 amide bonds. The quantitative estimate of drug-likeness (QED) is 0.665. The number of carbonyl (C=O) groups excluding carboxylic acids is 1. The van der Waals surface area contributed by atoms with Crippen LogP contribution in [-0.4, -0.2) is 31.1 Å². The van der Waals surface area contributed by atoms with Gasteiger partial charge >= 0.3 is 6.16 Å². The van der Waals surface area contributed by atoms with Gasteiger partial charge in [-0.1, -0.05) is 6.92 Å². The molecule has 1 fully saturated rings. The van der Waals surface area contributed by atoms with Crippen LogP contribution in [-0.2, 0) is 14.2 Å². The summed E-state index contributed by atoms with van der Waals surface area (Å²) in [6.07, 6.45) is 0.362. The Balaban J connectivity index is 2.17. The van der Waals surface area contributed by atoms with E-state index in [9.17, 15) is 4.79 Å². The molecule has 2 atom stereocenters. The molecule has 0 bridgehead atoms. The van der Waals surface area contributed by atoms with Gasteiger partial charge in [0.2, 0.25) is 0 Å². The van der Waals surface area contributed by atoms with Crippen LogP contribution in [0.2, 0.25) is 0 Å². The third-order valence-corrected chi connectivity index (χ3v) is 2.06. The molecule has 1 rings (SSSR count). The van der Waals surface area contributed by atoms with Gasteiger partial charge in [0.1, 0.15) is 12.2 Å². The van der Waals surface area contributed by atoms with E-state index in [2.05, 4.69) is 6.92 Å². The van der Waals surface area contributed by atoms with E-state index in [1.165, 1.54) is 0 Å². The van der Waals surface area contributed by atoms with Crippen LogP contribution in [0.25, 0.3) is 0 Å². The lowest BCUT2D eigenvalue weighted by atomic mass is 10.1. The Morgan fingerprint density at radius 1 is 1.47 bits per heavy atom. The van der Waals surface area contributed by atoms with Gasteiger partial charge in [0, 0.05) is 6.61 Å². The molecule has 88 valence electrons. The van der Waals surface area contributed by atoms with E-state index in [1.807, 2.05) is 20.8 Å². The molecule has 4 nitrogen and oxygen atoms in total. The Hall–Kier alpha value is -0.770. The molecule has 1 heterocycles. The van der Waals surface area contributed by atoms with E-state index >= 15 is 0 Å². The highest BCUT2D eigenvalue weighted by molar-refractivity contribution is 5.60. The lowest BCUT2D eigenvalue weighted by Crippen LogP contribution is -2.26. The Kier molecular flexibility index (Phi) is 3.97. The summed E-state index contributed by atoms with van der Waals surface area (Å²) < 4.78 is 15.4. The Labute approximate surface area is 90.9 Å². The molecule has 15 heavy (non-hydrogen) atoms. The number of rotatable bonds is 2. The zero-order valence-electron chi connectivity index (χ0n) is 9.91. The molecule has 1 aliphatic heterocycles. The van der Waals surface area contributed by atoms with Gasteiger partial charge in [0.25, 0.3) is 0 Å². The average molecular weight is 216 g/mol. The van der Waals surface area contributed by atoms with Crippen molar-refractivity contribution < 1.29 is 19.0 Å². The fourth-order valence-corrected chi connectivity index (χ4v) is 1.44. The Morgan fingerprint density at radius 2 is 2.13 bits per heavy atom. The fourth-order valence-electron chi connectivity index (χ4n) is 1.44. The zero-order chi connectivity index (χ0) is 11.5. The molecule has 0 aromatic carbocycles. The predicted molar refractivity (Wildman–Crippen MR) is 55.7 cm³/mol. The minimum atomic E-state index is -0.620. The predicted octanol–water partition coefficient (Wildman–Crippen LogP) is 2.36. The Morgan fingerprint density at radius 3 is 2.60 bits per heavy atom. The second-order valence-corrected chi connectivity index (χ2v) is 5.07. The molecule has 4 heteroatoms. The van der Waals surface area contributed by atoms with Crippen molar-refractivity contribution in [2.75, 3.05) is 13.2 Å². The topological polar surface area (TPSA) is 44.8 Å². The highest BCUT2D eigenvalue weighted by atomic mass is 16.7. The van der Waals surface area contributed by atoms with Crippen LogP contribution < -0.4 is 0 Å². The fraction of sp³-hybridized carbons (Fsp3) is 0.909. The van der Waals surface area contributed by atoms with Gasteiger partial charge < -0.3 is 14.2 Å². The van der Waals surface area contributed by atoms with Crippen molar-refractivity contribution in [3.8, 4) is 0 Å². The first-order valence-electron chi connectivity index (χ1n) is 5.34. The maximum absolute atomic E-state index is 11.2. The van der Waals surface area contributed by atoms with E-state index in [4.69, 9.17) is 14.2 Å². The van der Waals surface area contributed by atoms with Gasteiger partial charge in [0.15, 0.2) is 0 Å². The van der Waals surface area contributed by atoms with Crippen molar-refractivity contribution in [2.45, 2.75) is 45.8 Å². The molecule has 1 saturated heterocycles. The van der Waals surface area contributed by atoms with Crippen molar-refractivity contribution in [2.24, 2.45) is 5.92 Å². The highest BCUT2D eigenvalue weighted by Gasteiger charge is 2.24. The van der Waals surface area contributed by atoms with Crippen LogP contribution in [0.3, 0.4) is 0 Å².